The van der Waals surface area contributed by atoms with Crippen molar-refractivity contribution in [3.8, 4) is 16.3 Å². The van der Waals surface area contributed by atoms with Gasteiger partial charge < -0.3 is 10.1 Å². The van der Waals surface area contributed by atoms with E-state index in [1.807, 2.05) is 47.8 Å². The number of carbonyl (C=O) groups is 1. The molecule has 0 fully saturated rings. The van der Waals surface area contributed by atoms with E-state index in [0.29, 0.717) is 18.8 Å². The zero-order valence-electron chi connectivity index (χ0n) is 13.7. The smallest absolute Gasteiger partial charge is 0.269 e. The Bertz CT molecular complexity index is 871. The molecule has 3 aromatic rings. The molecule has 1 amide bonds. The van der Waals surface area contributed by atoms with E-state index in [9.17, 15) is 4.79 Å². The van der Waals surface area contributed by atoms with Crippen LogP contribution in [-0.2, 0) is 6.54 Å². The number of fused-ring (bicyclic) bond motifs is 1. The molecule has 25 heavy (non-hydrogen) atoms. The maximum absolute atomic E-state index is 12.1. The number of hydrogen-bond acceptors (Lipinski definition) is 5. The number of rotatable bonds is 5. The lowest BCUT2D eigenvalue weighted by atomic mass is 10.2. The van der Waals surface area contributed by atoms with Crippen LogP contribution >= 0.6 is 11.3 Å². The fraction of sp³-hybridized carbons (Fsp3) is 0.222. The van der Waals surface area contributed by atoms with Crippen LogP contribution in [0.1, 0.15) is 22.2 Å². The molecule has 128 valence electrons. The fourth-order valence-electron chi connectivity index (χ4n) is 2.85. The zero-order chi connectivity index (χ0) is 17.2. The van der Waals surface area contributed by atoms with E-state index in [1.165, 1.54) is 0 Å². The number of thiophene rings is 1. The maximum atomic E-state index is 12.1. The van der Waals surface area contributed by atoms with Crippen molar-refractivity contribution in [2.45, 2.75) is 12.7 Å². The highest BCUT2D eigenvalue weighted by atomic mass is 32.1. The molecule has 6 nitrogen and oxygen atoms in total. The Hall–Kier alpha value is -2.64. The molecule has 1 aromatic carbocycles. The molecule has 0 radical (unpaired) electrons. The van der Waals surface area contributed by atoms with Crippen LogP contribution in [0.5, 0.6) is 5.75 Å². The van der Waals surface area contributed by atoms with Gasteiger partial charge in [0.25, 0.3) is 5.91 Å². The van der Waals surface area contributed by atoms with Crippen molar-refractivity contribution in [2.24, 2.45) is 0 Å². The van der Waals surface area contributed by atoms with Gasteiger partial charge in [-0.3, -0.25) is 10.1 Å². The van der Waals surface area contributed by atoms with Gasteiger partial charge in [-0.15, -0.1) is 11.3 Å². The van der Waals surface area contributed by atoms with Crippen LogP contribution in [0.4, 0.5) is 0 Å². The monoisotopic (exact) mass is 354 g/mol. The lowest BCUT2D eigenvalue weighted by Gasteiger charge is -2.25. The van der Waals surface area contributed by atoms with Crippen molar-refractivity contribution in [3.05, 3.63) is 59.1 Å². The molecule has 4 rings (SSSR count). The van der Waals surface area contributed by atoms with Gasteiger partial charge in [0.1, 0.15) is 23.3 Å². The van der Waals surface area contributed by atoms with Crippen molar-refractivity contribution in [2.75, 3.05) is 13.7 Å². The van der Waals surface area contributed by atoms with E-state index in [-0.39, 0.29) is 12.1 Å². The molecule has 2 N–H and O–H groups in total. The topological polar surface area (TPSA) is 68.2 Å². The highest BCUT2D eigenvalue weighted by molar-refractivity contribution is 7.13. The Labute approximate surface area is 149 Å². The van der Waals surface area contributed by atoms with Crippen molar-refractivity contribution in [1.82, 2.24) is 20.4 Å². The number of nitrogens with one attached hydrogen (secondary N) is 2. The Balaban J connectivity index is 1.53. The van der Waals surface area contributed by atoms with E-state index in [2.05, 4.69) is 15.7 Å². The molecule has 1 aliphatic heterocycles. The minimum Gasteiger partial charge on any atom is -0.497 e. The van der Waals surface area contributed by atoms with E-state index in [0.717, 1.165) is 21.9 Å². The average Bonchev–Trinajstić information content (AvgIpc) is 3.31. The molecule has 1 atom stereocenters. The number of nitrogens with zero attached hydrogens (tertiary/aromatic N) is 2. The molecule has 2 aromatic heterocycles. The van der Waals surface area contributed by atoms with Gasteiger partial charge in [-0.25, -0.2) is 4.68 Å². The van der Waals surface area contributed by atoms with Crippen molar-refractivity contribution < 1.29 is 9.53 Å². The molecular weight excluding hydrogens is 336 g/mol. The number of ether oxygens (including phenoxy) is 1. The summed E-state index contributed by atoms with van der Waals surface area (Å²) in [5.74, 6) is 0.751. The van der Waals surface area contributed by atoms with Crippen LogP contribution in [0.3, 0.4) is 0 Å². The molecule has 1 aliphatic rings. The molecular formula is C18H18N4O2S. The number of carbonyl (C=O) groups excluding carboxylic acids is 1. The third-order valence-corrected chi connectivity index (χ3v) is 5.09. The summed E-state index contributed by atoms with van der Waals surface area (Å²) < 4.78 is 6.97. The average molecular weight is 354 g/mol. The first-order valence-electron chi connectivity index (χ1n) is 8.02. The van der Waals surface area contributed by atoms with Gasteiger partial charge in [0.05, 0.1) is 18.5 Å². The van der Waals surface area contributed by atoms with Crippen LogP contribution < -0.4 is 15.4 Å². The molecule has 0 bridgehead atoms. The van der Waals surface area contributed by atoms with Gasteiger partial charge in [0.15, 0.2) is 0 Å². The second-order valence-electron chi connectivity index (χ2n) is 5.79. The summed E-state index contributed by atoms with van der Waals surface area (Å²) in [4.78, 5) is 13.2. The van der Waals surface area contributed by atoms with Crippen LogP contribution in [0.2, 0.25) is 0 Å². The quantitative estimate of drug-likeness (QED) is 0.739. The molecule has 0 saturated heterocycles. The Morgan fingerprint density at radius 1 is 1.36 bits per heavy atom. The van der Waals surface area contributed by atoms with E-state index in [4.69, 9.17) is 4.74 Å². The van der Waals surface area contributed by atoms with Crippen LogP contribution in [0, 0.1) is 0 Å². The minimum absolute atomic E-state index is 0.0801. The standard InChI is InChI=1S/C18H18N4O2S/c1-24-13-6-4-12(5-7-13)10-19-17-11-20-18(23)15-9-14(21-22(15)17)16-3-2-8-25-16/h2-9,17,19H,10-11H2,1H3,(H,20,23)/t17-/m0/s1. The van der Waals surface area contributed by atoms with Gasteiger partial charge in [-0.1, -0.05) is 18.2 Å². The third kappa shape index (κ3) is 3.16. The first kappa shape index (κ1) is 15.9. The number of benzene rings is 1. The van der Waals surface area contributed by atoms with Gasteiger partial charge in [0.2, 0.25) is 0 Å². The number of methoxy groups -OCH3 is 1. The third-order valence-electron chi connectivity index (χ3n) is 4.19. The Morgan fingerprint density at radius 3 is 2.92 bits per heavy atom. The largest absolute Gasteiger partial charge is 0.497 e. The normalized spacial score (nSPS) is 16.4. The van der Waals surface area contributed by atoms with Crippen LogP contribution in [-0.4, -0.2) is 29.3 Å². The predicted molar refractivity (Wildman–Crippen MR) is 96.7 cm³/mol. The van der Waals surface area contributed by atoms with Gasteiger partial charge >= 0.3 is 0 Å². The highest BCUT2D eigenvalue weighted by Gasteiger charge is 2.27. The van der Waals surface area contributed by atoms with Gasteiger partial charge in [-0.05, 0) is 35.2 Å². The van der Waals surface area contributed by atoms with E-state index in [1.54, 1.807) is 23.1 Å². The number of amides is 1. The van der Waals surface area contributed by atoms with Crippen LogP contribution in [0.25, 0.3) is 10.6 Å². The van der Waals surface area contributed by atoms with Crippen molar-refractivity contribution in [1.29, 1.82) is 0 Å². The van der Waals surface area contributed by atoms with Crippen LogP contribution in [0.15, 0.2) is 47.8 Å². The molecule has 3 heterocycles. The van der Waals surface area contributed by atoms with E-state index >= 15 is 0 Å². The second kappa shape index (κ2) is 6.70. The SMILES string of the molecule is COc1ccc(CN[C@@H]2CNC(=O)c3cc(-c4cccs4)nn32)cc1. The Morgan fingerprint density at radius 2 is 2.20 bits per heavy atom. The summed E-state index contributed by atoms with van der Waals surface area (Å²) in [6, 6.07) is 13.8. The summed E-state index contributed by atoms with van der Waals surface area (Å²) >= 11 is 1.62. The summed E-state index contributed by atoms with van der Waals surface area (Å²) in [6.07, 6.45) is -0.0801. The predicted octanol–water partition coefficient (Wildman–Crippen LogP) is 2.65. The molecule has 0 spiro atoms. The minimum atomic E-state index is -0.0854. The van der Waals surface area contributed by atoms with E-state index < -0.39 is 0 Å². The Kier molecular flexibility index (Phi) is 4.25. The fourth-order valence-corrected chi connectivity index (χ4v) is 3.53. The molecule has 0 aliphatic carbocycles. The second-order valence-corrected chi connectivity index (χ2v) is 6.74. The summed E-state index contributed by atoms with van der Waals surface area (Å²) in [6.45, 7) is 1.19. The lowest BCUT2D eigenvalue weighted by molar-refractivity contribution is 0.0900. The first-order valence-corrected chi connectivity index (χ1v) is 8.90. The number of hydrogen-bond donors (Lipinski definition) is 2. The first-order chi connectivity index (χ1) is 12.2. The zero-order valence-corrected chi connectivity index (χ0v) is 14.5. The molecule has 0 saturated carbocycles. The molecule has 0 unspecified atom stereocenters. The van der Waals surface area contributed by atoms with Gasteiger partial charge in [-0.2, -0.15) is 5.10 Å². The highest BCUT2D eigenvalue weighted by Crippen LogP contribution is 2.26. The van der Waals surface area contributed by atoms with Crippen molar-refractivity contribution in [3.63, 3.8) is 0 Å². The van der Waals surface area contributed by atoms with Crippen molar-refractivity contribution >= 4 is 17.2 Å². The van der Waals surface area contributed by atoms with Gasteiger partial charge in [0, 0.05) is 6.54 Å². The number of aromatic nitrogens is 2. The maximum Gasteiger partial charge on any atom is 0.269 e. The summed E-state index contributed by atoms with van der Waals surface area (Å²) in [5, 5.41) is 13.0. The summed E-state index contributed by atoms with van der Waals surface area (Å²) in [7, 11) is 1.66. The molecule has 7 heteroatoms. The summed E-state index contributed by atoms with van der Waals surface area (Å²) in [5.41, 5.74) is 2.56. The lowest BCUT2D eigenvalue weighted by Crippen LogP contribution is -2.45.